The van der Waals surface area contributed by atoms with Crippen molar-refractivity contribution in [3.05, 3.63) is 39.9 Å². The number of nitrogens with one attached hydrogen (secondary N) is 2. The van der Waals surface area contributed by atoms with Crippen LogP contribution in [0.2, 0.25) is 0 Å². The van der Waals surface area contributed by atoms with E-state index in [1.165, 1.54) is 6.08 Å². The van der Waals surface area contributed by atoms with Crippen LogP contribution < -0.4 is 10.9 Å². The Labute approximate surface area is 149 Å². The number of halogens is 1. The van der Waals surface area contributed by atoms with E-state index < -0.39 is 21.7 Å². The molecule has 0 aromatic heterocycles. The molecule has 0 spiro atoms. The number of hydrazine groups is 1. The van der Waals surface area contributed by atoms with E-state index in [0.717, 1.165) is 15.6 Å². The Balaban J connectivity index is 1.78. The van der Waals surface area contributed by atoms with Gasteiger partial charge < -0.3 is 0 Å². The van der Waals surface area contributed by atoms with E-state index in [2.05, 4.69) is 26.8 Å². The lowest BCUT2D eigenvalue weighted by Gasteiger charge is -2.08. The van der Waals surface area contributed by atoms with Crippen molar-refractivity contribution < 1.29 is 18.0 Å². The standard InChI is InChI=1S/C16H19BrN2O4S/c1-11-2-3-13(14(17)8-11)4-5-15(20)18-19-16(21)9-12-6-7-24(22,23)10-12/h2-5,8,12H,6-7,9-10H2,1H3,(H,18,20)(H,19,21)/b5-4+/t12-/m0/s1. The van der Waals surface area contributed by atoms with Crippen LogP contribution in [0.25, 0.3) is 6.08 Å². The van der Waals surface area contributed by atoms with Crippen molar-refractivity contribution in [1.82, 2.24) is 10.9 Å². The van der Waals surface area contributed by atoms with Crippen LogP contribution in [0.5, 0.6) is 0 Å². The van der Waals surface area contributed by atoms with Crippen LogP contribution in [0.1, 0.15) is 24.0 Å². The summed E-state index contributed by atoms with van der Waals surface area (Å²) < 4.78 is 23.6. The van der Waals surface area contributed by atoms with E-state index in [0.29, 0.717) is 6.42 Å². The second kappa shape index (κ2) is 7.94. The molecule has 24 heavy (non-hydrogen) atoms. The zero-order chi connectivity index (χ0) is 17.7. The van der Waals surface area contributed by atoms with Gasteiger partial charge in [0.1, 0.15) is 0 Å². The lowest BCUT2D eigenvalue weighted by atomic mass is 10.1. The van der Waals surface area contributed by atoms with Gasteiger partial charge in [0.15, 0.2) is 9.84 Å². The first-order valence-electron chi connectivity index (χ1n) is 7.48. The zero-order valence-electron chi connectivity index (χ0n) is 13.2. The van der Waals surface area contributed by atoms with Crippen molar-refractivity contribution in [3.63, 3.8) is 0 Å². The van der Waals surface area contributed by atoms with Gasteiger partial charge in [-0.15, -0.1) is 0 Å². The fourth-order valence-electron chi connectivity index (χ4n) is 2.45. The molecule has 1 heterocycles. The lowest BCUT2D eigenvalue weighted by Crippen LogP contribution is -2.41. The van der Waals surface area contributed by atoms with Crippen molar-refractivity contribution in [1.29, 1.82) is 0 Å². The van der Waals surface area contributed by atoms with E-state index in [1.54, 1.807) is 6.08 Å². The molecule has 1 aliphatic heterocycles. The highest BCUT2D eigenvalue weighted by molar-refractivity contribution is 9.10. The first-order valence-corrected chi connectivity index (χ1v) is 10.1. The second-order valence-corrected chi connectivity index (χ2v) is 8.95. The monoisotopic (exact) mass is 414 g/mol. The zero-order valence-corrected chi connectivity index (χ0v) is 15.6. The maximum atomic E-state index is 11.7. The highest BCUT2D eigenvalue weighted by Crippen LogP contribution is 2.21. The van der Waals surface area contributed by atoms with Crippen LogP contribution in [-0.2, 0) is 19.4 Å². The van der Waals surface area contributed by atoms with Crippen LogP contribution in [0, 0.1) is 12.8 Å². The lowest BCUT2D eigenvalue weighted by molar-refractivity contribution is -0.127. The van der Waals surface area contributed by atoms with Crippen LogP contribution >= 0.6 is 15.9 Å². The third-order valence-electron chi connectivity index (χ3n) is 3.70. The van der Waals surface area contributed by atoms with Crippen LogP contribution in [0.15, 0.2) is 28.7 Å². The maximum absolute atomic E-state index is 11.7. The summed E-state index contributed by atoms with van der Waals surface area (Å²) in [6.45, 7) is 1.97. The topological polar surface area (TPSA) is 92.3 Å². The Hall–Kier alpha value is -1.67. The summed E-state index contributed by atoms with van der Waals surface area (Å²) >= 11 is 3.42. The molecule has 2 N–H and O–H groups in total. The molecule has 1 aromatic carbocycles. The smallest absolute Gasteiger partial charge is 0.262 e. The summed E-state index contributed by atoms with van der Waals surface area (Å²) in [4.78, 5) is 23.4. The Morgan fingerprint density at radius 3 is 2.71 bits per heavy atom. The van der Waals surface area contributed by atoms with E-state index >= 15 is 0 Å². The molecule has 1 atom stereocenters. The van der Waals surface area contributed by atoms with Gasteiger partial charge >= 0.3 is 0 Å². The van der Waals surface area contributed by atoms with Gasteiger partial charge in [0.05, 0.1) is 11.5 Å². The minimum absolute atomic E-state index is 0.0374. The van der Waals surface area contributed by atoms with Gasteiger partial charge in [-0.2, -0.15) is 0 Å². The SMILES string of the molecule is Cc1ccc(/C=C/C(=O)NNC(=O)C[C@@H]2CCS(=O)(=O)C2)c(Br)c1. The molecule has 6 nitrogen and oxygen atoms in total. The molecule has 1 fully saturated rings. The molecular weight excluding hydrogens is 396 g/mol. The Bertz CT molecular complexity index is 774. The summed E-state index contributed by atoms with van der Waals surface area (Å²) in [7, 11) is -3.00. The van der Waals surface area contributed by atoms with Crippen molar-refractivity contribution in [2.75, 3.05) is 11.5 Å². The van der Waals surface area contributed by atoms with E-state index in [4.69, 9.17) is 0 Å². The first-order chi connectivity index (χ1) is 11.2. The van der Waals surface area contributed by atoms with E-state index in [1.807, 2.05) is 25.1 Å². The molecule has 2 amide bonds. The van der Waals surface area contributed by atoms with E-state index in [9.17, 15) is 18.0 Å². The largest absolute Gasteiger partial charge is 0.273 e. The van der Waals surface area contributed by atoms with Crippen molar-refractivity contribution in [2.24, 2.45) is 5.92 Å². The van der Waals surface area contributed by atoms with Gasteiger partial charge in [-0.1, -0.05) is 28.1 Å². The third kappa shape index (κ3) is 5.76. The number of carbonyl (C=O) groups is 2. The molecule has 130 valence electrons. The van der Waals surface area contributed by atoms with Crippen LogP contribution in [0.3, 0.4) is 0 Å². The summed E-state index contributed by atoms with van der Waals surface area (Å²) in [5.41, 5.74) is 6.54. The molecule has 1 saturated heterocycles. The molecule has 0 saturated carbocycles. The van der Waals surface area contributed by atoms with Crippen molar-refractivity contribution >= 4 is 43.7 Å². The minimum Gasteiger partial charge on any atom is -0.273 e. The molecule has 0 radical (unpaired) electrons. The normalized spacial score (nSPS) is 19.3. The van der Waals surface area contributed by atoms with Gasteiger partial charge in [0, 0.05) is 17.0 Å². The van der Waals surface area contributed by atoms with Gasteiger partial charge in [-0.05, 0) is 42.5 Å². The number of amides is 2. The highest BCUT2D eigenvalue weighted by atomic mass is 79.9. The summed E-state index contributed by atoms with van der Waals surface area (Å²) in [6, 6.07) is 5.75. The molecule has 1 aliphatic rings. The van der Waals surface area contributed by atoms with Gasteiger partial charge in [0.2, 0.25) is 5.91 Å². The number of rotatable bonds is 4. The molecule has 0 bridgehead atoms. The Morgan fingerprint density at radius 2 is 2.08 bits per heavy atom. The number of aryl methyl sites for hydroxylation is 1. The van der Waals surface area contributed by atoms with Gasteiger partial charge in [-0.25, -0.2) is 8.42 Å². The summed E-state index contributed by atoms with van der Waals surface area (Å²) in [6.07, 6.45) is 3.53. The fraction of sp³-hybridized carbons (Fsp3) is 0.375. The van der Waals surface area contributed by atoms with Gasteiger partial charge in [-0.3, -0.25) is 20.4 Å². The van der Waals surface area contributed by atoms with Crippen LogP contribution in [-0.4, -0.2) is 31.7 Å². The number of hydrogen-bond acceptors (Lipinski definition) is 4. The number of carbonyl (C=O) groups excluding carboxylic acids is 2. The summed E-state index contributed by atoms with van der Waals surface area (Å²) in [5.74, 6) is -0.863. The first kappa shape index (κ1) is 18.7. The molecule has 0 unspecified atom stereocenters. The molecule has 1 aromatic rings. The van der Waals surface area contributed by atoms with Crippen LogP contribution in [0.4, 0.5) is 0 Å². The predicted molar refractivity (Wildman–Crippen MR) is 95.6 cm³/mol. The second-order valence-electron chi connectivity index (χ2n) is 5.87. The Kier molecular flexibility index (Phi) is 6.17. The molecular formula is C16H19BrN2O4S. The fourth-order valence-corrected chi connectivity index (χ4v) is 4.94. The average Bonchev–Trinajstić information content (AvgIpc) is 2.83. The number of benzene rings is 1. The molecule has 8 heteroatoms. The highest BCUT2D eigenvalue weighted by Gasteiger charge is 2.29. The minimum atomic E-state index is -3.00. The number of hydrogen-bond donors (Lipinski definition) is 2. The quantitative estimate of drug-likeness (QED) is 0.579. The predicted octanol–water partition coefficient (Wildman–Crippen LogP) is 1.74. The van der Waals surface area contributed by atoms with Gasteiger partial charge in [0.25, 0.3) is 5.91 Å². The van der Waals surface area contributed by atoms with Crippen molar-refractivity contribution in [2.45, 2.75) is 19.8 Å². The molecule has 0 aliphatic carbocycles. The van der Waals surface area contributed by atoms with Crippen molar-refractivity contribution in [3.8, 4) is 0 Å². The molecule has 2 rings (SSSR count). The number of sulfone groups is 1. The van der Waals surface area contributed by atoms with E-state index in [-0.39, 0.29) is 23.8 Å². The third-order valence-corrected chi connectivity index (χ3v) is 6.22. The maximum Gasteiger partial charge on any atom is 0.262 e. The average molecular weight is 415 g/mol. The summed E-state index contributed by atoms with van der Waals surface area (Å²) in [5, 5.41) is 0. The Morgan fingerprint density at radius 1 is 1.33 bits per heavy atom.